The first-order chi connectivity index (χ1) is 13.5. The van der Waals surface area contributed by atoms with E-state index in [1.165, 1.54) is 30.3 Å². The number of aliphatic hydroxyl groups is 1. The first-order valence-electron chi connectivity index (χ1n) is 9.08. The second-order valence-corrected chi connectivity index (χ2v) is 7.01. The number of piperidine rings is 1. The summed E-state index contributed by atoms with van der Waals surface area (Å²) < 4.78 is 15.8. The van der Waals surface area contributed by atoms with Crippen molar-refractivity contribution in [2.75, 3.05) is 24.6 Å². The zero-order valence-corrected chi connectivity index (χ0v) is 15.0. The van der Waals surface area contributed by atoms with Gasteiger partial charge in [-0.3, -0.25) is 0 Å². The molecule has 0 aliphatic carbocycles. The summed E-state index contributed by atoms with van der Waals surface area (Å²) in [6, 6.07) is 9.04. The van der Waals surface area contributed by atoms with E-state index < -0.39 is 12.0 Å². The third kappa shape index (κ3) is 3.16. The van der Waals surface area contributed by atoms with Crippen molar-refractivity contribution >= 4 is 22.8 Å². The number of phenolic OH excluding ortho intramolecular Hbond substituents is 1. The van der Waals surface area contributed by atoms with E-state index in [-0.39, 0.29) is 29.5 Å². The number of carbonyl (C=O) groups is 1. The predicted molar refractivity (Wildman–Crippen MR) is 102 cm³/mol. The highest BCUT2D eigenvalue weighted by Gasteiger charge is 2.23. The molecule has 3 N–H and O–H groups in total. The van der Waals surface area contributed by atoms with E-state index in [1.54, 1.807) is 6.07 Å². The standard InChI is InChI=1S/C20H20FN3O4/c21-19-15(2-4-18(22-19)23-7-5-12(11-25)6-8-23)17-10-13-9-14(26)1-3-16(13)24(17)20(27)28/h1-4,9-10,12,25-26H,5-8,11H2,(H,27,28). The average Bonchev–Trinajstić information content (AvgIpc) is 3.06. The fourth-order valence-electron chi connectivity index (χ4n) is 3.74. The number of carboxylic acid groups (broad SMARTS) is 1. The molecule has 28 heavy (non-hydrogen) atoms. The second kappa shape index (κ2) is 7.12. The van der Waals surface area contributed by atoms with Crippen molar-refractivity contribution in [3.05, 3.63) is 42.3 Å². The average molecular weight is 385 g/mol. The lowest BCUT2D eigenvalue weighted by molar-refractivity contribution is 0.198. The summed E-state index contributed by atoms with van der Waals surface area (Å²) in [5.41, 5.74) is 0.588. The van der Waals surface area contributed by atoms with Gasteiger partial charge in [0.15, 0.2) is 0 Å². The van der Waals surface area contributed by atoms with Gasteiger partial charge in [0.2, 0.25) is 5.95 Å². The fraction of sp³-hybridized carbons (Fsp3) is 0.300. The van der Waals surface area contributed by atoms with Crippen LogP contribution in [0.25, 0.3) is 22.2 Å². The van der Waals surface area contributed by atoms with Crippen LogP contribution in [-0.2, 0) is 0 Å². The van der Waals surface area contributed by atoms with E-state index >= 15 is 0 Å². The lowest BCUT2D eigenvalue weighted by Gasteiger charge is -2.32. The van der Waals surface area contributed by atoms with Crippen LogP contribution in [0.3, 0.4) is 0 Å². The maximum absolute atomic E-state index is 14.9. The van der Waals surface area contributed by atoms with E-state index in [2.05, 4.69) is 4.98 Å². The molecule has 1 saturated heterocycles. The number of pyridine rings is 1. The molecule has 4 rings (SSSR count). The van der Waals surface area contributed by atoms with Crippen molar-refractivity contribution in [2.24, 2.45) is 5.92 Å². The SMILES string of the molecule is O=C(O)n1c(-c2ccc(N3CCC(CO)CC3)nc2F)cc2cc(O)ccc21. The third-order valence-corrected chi connectivity index (χ3v) is 5.28. The van der Waals surface area contributed by atoms with Crippen LogP contribution < -0.4 is 4.90 Å². The molecule has 0 spiro atoms. The number of aliphatic hydroxyl groups excluding tert-OH is 1. The number of anilines is 1. The van der Waals surface area contributed by atoms with Crippen LogP contribution in [0, 0.1) is 11.9 Å². The summed E-state index contributed by atoms with van der Waals surface area (Å²) >= 11 is 0. The molecule has 1 fully saturated rings. The maximum atomic E-state index is 14.9. The van der Waals surface area contributed by atoms with E-state index in [4.69, 9.17) is 0 Å². The van der Waals surface area contributed by atoms with Crippen molar-refractivity contribution in [3.8, 4) is 17.0 Å². The van der Waals surface area contributed by atoms with Gasteiger partial charge in [-0.2, -0.15) is 4.39 Å². The Hall–Kier alpha value is -3.13. The summed E-state index contributed by atoms with van der Waals surface area (Å²) in [6.07, 6.45) is 0.390. The van der Waals surface area contributed by atoms with Gasteiger partial charge >= 0.3 is 6.09 Å². The Morgan fingerprint density at radius 1 is 1.18 bits per heavy atom. The molecule has 0 radical (unpaired) electrons. The van der Waals surface area contributed by atoms with Crippen LogP contribution in [0.15, 0.2) is 36.4 Å². The minimum Gasteiger partial charge on any atom is -0.508 e. The van der Waals surface area contributed by atoms with Crippen LogP contribution in [0.1, 0.15) is 12.8 Å². The Bertz CT molecular complexity index is 1040. The number of fused-ring (bicyclic) bond motifs is 1. The Balaban J connectivity index is 1.72. The number of benzene rings is 1. The molecule has 146 valence electrons. The molecular weight excluding hydrogens is 365 g/mol. The normalized spacial score (nSPS) is 15.3. The molecule has 1 aromatic carbocycles. The summed E-state index contributed by atoms with van der Waals surface area (Å²) in [7, 11) is 0. The largest absolute Gasteiger partial charge is 0.508 e. The monoisotopic (exact) mass is 385 g/mol. The highest BCUT2D eigenvalue weighted by atomic mass is 19.1. The zero-order chi connectivity index (χ0) is 19.8. The van der Waals surface area contributed by atoms with Gasteiger partial charge in [-0.15, -0.1) is 0 Å². The quantitative estimate of drug-likeness (QED) is 0.599. The summed E-state index contributed by atoms with van der Waals surface area (Å²) in [5, 5.41) is 29.0. The lowest BCUT2D eigenvalue weighted by Crippen LogP contribution is -2.35. The van der Waals surface area contributed by atoms with Crippen LogP contribution in [0.5, 0.6) is 5.75 Å². The minimum absolute atomic E-state index is 0.00168. The van der Waals surface area contributed by atoms with E-state index in [9.17, 15) is 24.5 Å². The summed E-state index contributed by atoms with van der Waals surface area (Å²) in [4.78, 5) is 17.8. The molecule has 8 heteroatoms. The fourth-order valence-corrected chi connectivity index (χ4v) is 3.74. The van der Waals surface area contributed by atoms with E-state index in [0.29, 0.717) is 29.8 Å². The topological polar surface area (TPSA) is 98.8 Å². The zero-order valence-electron chi connectivity index (χ0n) is 15.0. The first-order valence-corrected chi connectivity index (χ1v) is 9.08. The van der Waals surface area contributed by atoms with E-state index in [0.717, 1.165) is 17.4 Å². The van der Waals surface area contributed by atoms with Crippen molar-refractivity contribution in [1.29, 1.82) is 0 Å². The molecule has 1 aliphatic rings. The Morgan fingerprint density at radius 2 is 1.93 bits per heavy atom. The van der Waals surface area contributed by atoms with Crippen LogP contribution in [0.2, 0.25) is 0 Å². The Morgan fingerprint density at radius 3 is 2.57 bits per heavy atom. The van der Waals surface area contributed by atoms with Crippen LogP contribution in [-0.4, -0.2) is 50.7 Å². The van der Waals surface area contributed by atoms with Crippen LogP contribution in [0.4, 0.5) is 15.0 Å². The highest BCUT2D eigenvalue weighted by Crippen LogP contribution is 2.32. The number of nitrogens with zero attached hydrogens (tertiary/aromatic N) is 3. The molecular formula is C20H20FN3O4. The molecule has 7 nitrogen and oxygen atoms in total. The van der Waals surface area contributed by atoms with Crippen molar-refractivity contribution < 1.29 is 24.5 Å². The number of aromatic hydroxyl groups is 1. The number of hydrogen-bond acceptors (Lipinski definition) is 5. The number of phenols is 1. The van der Waals surface area contributed by atoms with Gasteiger partial charge in [-0.05, 0) is 55.2 Å². The molecule has 3 aromatic rings. The second-order valence-electron chi connectivity index (χ2n) is 7.01. The number of halogens is 1. The molecule has 2 aromatic heterocycles. The number of aromatic nitrogens is 2. The molecule has 1 aliphatic heterocycles. The Kier molecular flexibility index (Phi) is 4.64. The smallest absolute Gasteiger partial charge is 0.416 e. The molecule has 0 atom stereocenters. The van der Waals surface area contributed by atoms with Gasteiger partial charge in [-0.1, -0.05) is 0 Å². The lowest BCUT2D eigenvalue weighted by atomic mass is 9.98. The predicted octanol–water partition coefficient (Wildman–Crippen LogP) is 3.28. The van der Waals surface area contributed by atoms with Crippen molar-refractivity contribution in [2.45, 2.75) is 12.8 Å². The first kappa shape index (κ1) is 18.2. The van der Waals surface area contributed by atoms with Gasteiger partial charge in [0.25, 0.3) is 0 Å². The highest BCUT2D eigenvalue weighted by molar-refractivity contribution is 5.96. The minimum atomic E-state index is -1.25. The van der Waals surface area contributed by atoms with E-state index in [1.807, 2.05) is 4.90 Å². The maximum Gasteiger partial charge on any atom is 0.416 e. The van der Waals surface area contributed by atoms with Gasteiger partial charge in [0.05, 0.1) is 16.8 Å². The molecule has 0 unspecified atom stereocenters. The number of rotatable bonds is 3. The van der Waals surface area contributed by atoms with Gasteiger partial charge < -0.3 is 20.2 Å². The van der Waals surface area contributed by atoms with Crippen LogP contribution >= 0.6 is 0 Å². The van der Waals surface area contributed by atoms with Crippen molar-refractivity contribution in [3.63, 3.8) is 0 Å². The molecule has 0 saturated carbocycles. The van der Waals surface area contributed by atoms with Gasteiger partial charge in [0, 0.05) is 25.1 Å². The van der Waals surface area contributed by atoms with Gasteiger partial charge in [0.1, 0.15) is 11.6 Å². The summed E-state index contributed by atoms with van der Waals surface area (Å²) in [6.45, 7) is 1.53. The molecule has 0 amide bonds. The number of hydrogen-bond donors (Lipinski definition) is 3. The van der Waals surface area contributed by atoms with Crippen molar-refractivity contribution in [1.82, 2.24) is 9.55 Å². The molecule has 3 heterocycles. The Labute approximate surface area is 160 Å². The van der Waals surface area contributed by atoms with Gasteiger partial charge in [-0.25, -0.2) is 14.3 Å². The third-order valence-electron chi connectivity index (χ3n) is 5.28. The summed E-state index contributed by atoms with van der Waals surface area (Å²) in [5.74, 6) is 0.00875. The molecule has 0 bridgehead atoms.